The Kier molecular flexibility index (Phi) is 32.0. The molecule has 0 fully saturated rings. The van der Waals surface area contributed by atoms with E-state index in [1.54, 1.807) is 0 Å². The smallest absolute Gasteiger partial charge is 0.111 e. The highest BCUT2D eigenvalue weighted by molar-refractivity contribution is 5.02. The van der Waals surface area contributed by atoms with Gasteiger partial charge < -0.3 is 4.57 Å². The first-order valence-electron chi connectivity index (χ1n) is 21.8. The van der Waals surface area contributed by atoms with Gasteiger partial charge in [-0.2, -0.15) is 0 Å². The summed E-state index contributed by atoms with van der Waals surface area (Å²) in [5.41, 5.74) is 0. The summed E-state index contributed by atoms with van der Waals surface area (Å²) < 4.78 is 2.59. The summed E-state index contributed by atoms with van der Waals surface area (Å²) in [4.78, 5) is 5.02. The van der Waals surface area contributed by atoms with E-state index in [0.29, 0.717) is 12.0 Å². The number of aromatic nitrogens is 2. The van der Waals surface area contributed by atoms with Crippen molar-refractivity contribution in [2.24, 2.45) is 0 Å². The largest absolute Gasteiger partial charge is 0.332 e. The summed E-state index contributed by atoms with van der Waals surface area (Å²) >= 11 is 0. The molecule has 0 saturated carbocycles. The van der Waals surface area contributed by atoms with Gasteiger partial charge in [0.05, 0.1) is 0 Å². The molecule has 2 atom stereocenters. The molecule has 1 rings (SSSR count). The number of imidazole rings is 1. The molecule has 0 radical (unpaired) electrons. The summed E-state index contributed by atoms with van der Waals surface area (Å²) in [6.45, 7) is 9.40. The van der Waals surface area contributed by atoms with Crippen LogP contribution < -0.4 is 0 Å². The average molecular weight is 643 g/mol. The molecule has 46 heavy (non-hydrogen) atoms. The molecule has 2 heteroatoms. The van der Waals surface area contributed by atoms with Gasteiger partial charge in [-0.05, 0) is 26.2 Å². The number of rotatable bonds is 37. The van der Waals surface area contributed by atoms with Crippen LogP contribution in [0.5, 0.6) is 0 Å². The molecule has 272 valence electrons. The number of unbranched alkanes of at least 4 members (excludes halogenated alkanes) is 29. The van der Waals surface area contributed by atoms with Crippen molar-refractivity contribution >= 4 is 0 Å². The standard InChI is InChI=1S/C44H86N2/c1-5-8-11-14-17-19-21-23-24-26-28-30-33-36-39-43(38-35-32-16-13-10-7-3)44-45-40-41-46(44)42(4)37-34-31-29-27-25-22-20-18-15-12-9-6-2/h40-43H,5-39H2,1-4H3. The Morgan fingerprint density at radius 1 is 0.413 bits per heavy atom. The van der Waals surface area contributed by atoms with E-state index in [1.807, 2.05) is 0 Å². The Morgan fingerprint density at radius 3 is 1.02 bits per heavy atom. The van der Waals surface area contributed by atoms with Gasteiger partial charge in [-0.15, -0.1) is 0 Å². The third-order valence-corrected chi connectivity index (χ3v) is 10.8. The summed E-state index contributed by atoms with van der Waals surface area (Å²) in [6.07, 6.45) is 54.2. The second-order valence-electron chi connectivity index (χ2n) is 15.4. The van der Waals surface area contributed by atoms with E-state index < -0.39 is 0 Å². The van der Waals surface area contributed by atoms with Crippen molar-refractivity contribution in [3.8, 4) is 0 Å². The van der Waals surface area contributed by atoms with Gasteiger partial charge in [0.15, 0.2) is 0 Å². The summed E-state index contributed by atoms with van der Waals surface area (Å²) in [5, 5.41) is 0. The SMILES string of the molecule is CCCCCCCCCCCCCCCCC(CCCCCCCC)c1nccn1C(C)CCCCCCCCCCCCCC. The van der Waals surface area contributed by atoms with Crippen LogP contribution in [0.15, 0.2) is 12.4 Å². The van der Waals surface area contributed by atoms with Crippen LogP contribution in [0.1, 0.15) is 270 Å². The van der Waals surface area contributed by atoms with Crippen molar-refractivity contribution in [1.82, 2.24) is 9.55 Å². The van der Waals surface area contributed by atoms with Crippen LogP contribution in [0.4, 0.5) is 0 Å². The van der Waals surface area contributed by atoms with E-state index in [-0.39, 0.29) is 0 Å². The van der Waals surface area contributed by atoms with Crippen molar-refractivity contribution in [3.63, 3.8) is 0 Å². The second kappa shape index (κ2) is 34.1. The van der Waals surface area contributed by atoms with Crippen LogP contribution in [0.2, 0.25) is 0 Å². The lowest BCUT2D eigenvalue weighted by molar-refractivity contribution is 0.412. The van der Waals surface area contributed by atoms with Crippen LogP contribution in [0.3, 0.4) is 0 Å². The normalized spacial score (nSPS) is 13.0. The molecule has 0 spiro atoms. The van der Waals surface area contributed by atoms with Crippen molar-refractivity contribution in [3.05, 3.63) is 18.2 Å². The van der Waals surface area contributed by atoms with Gasteiger partial charge in [0.1, 0.15) is 5.82 Å². The molecule has 0 aliphatic rings. The lowest BCUT2D eigenvalue weighted by atomic mass is 9.92. The fourth-order valence-corrected chi connectivity index (χ4v) is 7.59. The Labute approximate surface area is 291 Å². The maximum absolute atomic E-state index is 5.02. The van der Waals surface area contributed by atoms with E-state index in [2.05, 4.69) is 44.7 Å². The first kappa shape index (κ1) is 43.2. The van der Waals surface area contributed by atoms with Gasteiger partial charge in [-0.1, -0.05) is 226 Å². The zero-order chi connectivity index (χ0) is 33.2. The zero-order valence-corrected chi connectivity index (χ0v) is 32.5. The van der Waals surface area contributed by atoms with Crippen molar-refractivity contribution in [1.29, 1.82) is 0 Å². The highest BCUT2D eigenvalue weighted by Gasteiger charge is 2.19. The maximum atomic E-state index is 5.02. The van der Waals surface area contributed by atoms with E-state index in [0.717, 1.165) is 0 Å². The van der Waals surface area contributed by atoms with E-state index in [1.165, 1.54) is 231 Å². The van der Waals surface area contributed by atoms with Crippen LogP contribution in [0, 0.1) is 0 Å². The fourth-order valence-electron chi connectivity index (χ4n) is 7.59. The second-order valence-corrected chi connectivity index (χ2v) is 15.4. The number of hydrogen-bond donors (Lipinski definition) is 0. The molecule has 0 aliphatic heterocycles. The number of hydrogen-bond acceptors (Lipinski definition) is 1. The predicted octanol–water partition coefficient (Wildman–Crippen LogP) is 16.2. The van der Waals surface area contributed by atoms with Gasteiger partial charge in [-0.3, -0.25) is 0 Å². The van der Waals surface area contributed by atoms with Gasteiger partial charge >= 0.3 is 0 Å². The lowest BCUT2D eigenvalue weighted by Crippen LogP contribution is -2.13. The lowest BCUT2D eigenvalue weighted by Gasteiger charge is -2.22. The van der Waals surface area contributed by atoms with Crippen molar-refractivity contribution < 1.29 is 0 Å². The molecule has 1 aromatic rings. The third kappa shape index (κ3) is 25.3. The zero-order valence-electron chi connectivity index (χ0n) is 32.5. The van der Waals surface area contributed by atoms with Gasteiger partial charge in [0.25, 0.3) is 0 Å². The van der Waals surface area contributed by atoms with Crippen molar-refractivity contribution in [2.75, 3.05) is 0 Å². The van der Waals surface area contributed by atoms with E-state index in [4.69, 9.17) is 4.98 Å². The average Bonchev–Trinajstić information content (AvgIpc) is 3.56. The van der Waals surface area contributed by atoms with Crippen LogP contribution >= 0.6 is 0 Å². The van der Waals surface area contributed by atoms with Crippen LogP contribution in [0.25, 0.3) is 0 Å². The minimum absolute atomic E-state index is 0.587. The summed E-state index contributed by atoms with van der Waals surface area (Å²) in [5.74, 6) is 2.07. The maximum Gasteiger partial charge on any atom is 0.111 e. The first-order chi connectivity index (χ1) is 22.7. The Morgan fingerprint density at radius 2 is 0.696 bits per heavy atom. The number of nitrogens with zero attached hydrogens (tertiary/aromatic N) is 2. The van der Waals surface area contributed by atoms with E-state index >= 15 is 0 Å². The van der Waals surface area contributed by atoms with Gasteiger partial charge in [0, 0.05) is 24.4 Å². The minimum Gasteiger partial charge on any atom is -0.332 e. The van der Waals surface area contributed by atoms with Crippen LogP contribution in [-0.4, -0.2) is 9.55 Å². The molecule has 2 nitrogen and oxygen atoms in total. The van der Waals surface area contributed by atoms with E-state index in [9.17, 15) is 0 Å². The molecule has 0 amide bonds. The summed E-state index contributed by atoms with van der Waals surface area (Å²) in [6, 6.07) is 0.587. The molecular formula is C44H86N2. The quantitative estimate of drug-likeness (QED) is 0.0660. The molecule has 2 unspecified atom stereocenters. The van der Waals surface area contributed by atoms with Gasteiger partial charge in [-0.25, -0.2) is 4.98 Å². The molecule has 0 N–H and O–H groups in total. The monoisotopic (exact) mass is 643 g/mol. The molecule has 0 aromatic carbocycles. The third-order valence-electron chi connectivity index (χ3n) is 10.8. The highest BCUT2D eigenvalue weighted by atomic mass is 15.1. The Balaban J connectivity index is 2.32. The summed E-state index contributed by atoms with van der Waals surface area (Å²) in [7, 11) is 0. The molecule has 0 saturated heterocycles. The molecular weight excluding hydrogens is 556 g/mol. The predicted molar refractivity (Wildman–Crippen MR) is 208 cm³/mol. The molecule has 0 aliphatic carbocycles. The highest BCUT2D eigenvalue weighted by Crippen LogP contribution is 2.31. The molecule has 1 aromatic heterocycles. The minimum atomic E-state index is 0.587. The van der Waals surface area contributed by atoms with Gasteiger partial charge in [0.2, 0.25) is 0 Å². The molecule has 0 bridgehead atoms. The topological polar surface area (TPSA) is 17.8 Å². The first-order valence-corrected chi connectivity index (χ1v) is 21.8. The fraction of sp³-hybridized carbons (Fsp3) is 0.932. The van der Waals surface area contributed by atoms with Crippen LogP contribution in [-0.2, 0) is 0 Å². The Hall–Kier alpha value is -0.790. The van der Waals surface area contributed by atoms with Crippen molar-refractivity contribution in [2.45, 2.75) is 264 Å². The molecule has 1 heterocycles. The Bertz CT molecular complexity index is 709.